The molecule has 1 heterocycles. The Kier molecular flexibility index (Phi) is 4.85. The molecule has 0 aliphatic carbocycles. The Morgan fingerprint density at radius 2 is 1.80 bits per heavy atom. The smallest absolute Gasteiger partial charge is 0.363 e. The number of aliphatic imine (C=N–C) groups is 1. The second-order valence-corrected chi connectivity index (χ2v) is 6.02. The van der Waals surface area contributed by atoms with Crippen LogP contribution in [0.3, 0.4) is 0 Å². The van der Waals surface area contributed by atoms with E-state index in [-0.39, 0.29) is 17.2 Å². The molecule has 2 aromatic rings. The van der Waals surface area contributed by atoms with Crippen LogP contribution in [0, 0.1) is 5.82 Å². The lowest BCUT2D eigenvalue weighted by molar-refractivity contribution is -0.129. The number of hydrogen-bond acceptors (Lipinski definition) is 5. The molecular weight excluding hydrogens is 393 g/mol. The van der Waals surface area contributed by atoms with Crippen molar-refractivity contribution in [3.63, 3.8) is 0 Å². The van der Waals surface area contributed by atoms with E-state index in [0.29, 0.717) is 21.5 Å². The predicted octanol–water partition coefficient (Wildman–Crippen LogP) is 3.95. The molecule has 0 amide bonds. The molecule has 0 saturated carbocycles. The van der Waals surface area contributed by atoms with Gasteiger partial charge in [0.1, 0.15) is 17.3 Å². The van der Waals surface area contributed by atoms with E-state index in [1.54, 1.807) is 30.3 Å². The number of cyclic esters (lactones) is 1. The number of benzene rings is 2. The van der Waals surface area contributed by atoms with Crippen LogP contribution in [-0.2, 0) is 9.53 Å². The highest BCUT2D eigenvalue weighted by Crippen LogP contribution is 2.27. The van der Waals surface area contributed by atoms with Crippen molar-refractivity contribution in [1.29, 1.82) is 0 Å². The fourth-order valence-electron chi connectivity index (χ4n) is 2.24. The van der Waals surface area contributed by atoms with Gasteiger partial charge in [-0.05, 0) is 36.4 Å². The van der Waals surface area contributed by atoms with Gasteiger partial charge in [0, 0.05) is 21.7 Å². The minimum Gasteiger partial charge on any atom is -0.497 e. The van der Waals surface area contributed by atoms with Crippen LogP contribution in [0.5, 0.6) is 11.5 Å². The minimum absolute atomic E-state index is 0.00814. The lowest BCUT2D eigenvalue weighted by Gasteiger charge is -2.07. The maximum atomic E-state index is 13.9. The SMILES string of the molecule is COc1cc(OC)cc(C2=N/C(=C\c3cc(Br)ccc3F)C(=O)O2)c1. The molecule has 0 fully saturated rings. The molecule has 1 aliphatic heterocycles. The molecule has 25 heavy (non-hydrogen) atoms. The van der Waals surface area contributed by atoms with Crippen LogP contribution >= 0.6 is 15.9 Å². The third-order valence-electron chi connectivity index (χ3n) is 3.47. The molecule has 0 unspecified atom stereocenters. The molecule has 0 atom stereocenters. The van der Waals surface area contributed by atoms with E-state index in [9.17, 15) is 9.18 Å². The van der Waals surface area contributed by atoms with Crippen LogP contribution in [0.2, 0.25) is 0 Å². The molecule has 0 radical (unpaired) electrons. The Morgan fingerprint density at radius 1 is 1.12 bits per heavy atom. The zero-order chi connectivity index (χ0) is 18.0. The van der Waals surface area contributed by atoms with Gasteiger partial charge in [0.2, 0.25) is 5.90 Å². The van der Waals surface area contributed by atoms with E-state index < -0.39 is 11.8 Å². The Bertz CT molecular complexity index is 886. The molecule has 128 valence electrons. The number of hydrogen-bond donors (Lipinski definition) is 0. The topological polar surface area (TPSA) is 57.1 Å². The molecular formula is C18H13BrFNO4. The van der Waals surface area contributed by atoms with Gasteiger partial charge >= 0.3 is 5.97 Å². The van der Waals surface area contributed by atoms with Gasteiger partial charge in [0.05, 0.1) is 14.2 Å². The molecule has 0 saturated heterocycles. The number of halogens is 2. The largest absolute Gasteiger partial charge is 0.497 e. The Morgan fingerprint density at radius 3 is 2.44 bits per heavy atom. The zero-order valence-electron chi connectivity index (χ0n) is 13.4. The summed E-state index contributed by atoms with van der Waals surface area (Å²) in [5, 5.41) is 0. The van der Waals surface area contributed by atoms with Crippen molar-refractivity contribution in [2.24, 2.45) is 4.99 Å². The zero-order valence-corrected chi connectivity index (χ0v) is 15.0. The van der Waals surface area contributed by atoms with Crippen molar-refractivity contribution >= 4 is 33.9 Å². The van der Waals surface area contributed by atoms with Crippen molar-refractivity contribution < 1.29 is 23.4 Å². The highest BCUT2D eigenvalue weighted by molar-refractivity contribution is 9.10. The van der Waals surface area contributed by atoms with Gasteiger partial charge in [-0.2, -0.15) is 0 Å². The number of nitrogens with zero attached hydrogens (tertiary/aromatic N) is 1. The molecule has 2 aromatic carbocycles. The lowest BCUT2D eigenvalue weighted by Crippen LogP contribution is -2.06. The maximum absolute atomic E-state index is 13.9. The average Bonchev–Trinajstić information content (AvgIpc) is 2.98. The molecule has 0 N–H and O–H groups in total. The summed E-state index contributed by atoms with van der Waals surface area (Å²) < 4.78 is 30.1. The summed E-state index contributed by atoms with van der Waals surface area (Å²) in [5.41, 5.74) is 0.756. The summed E-state index contributed by atoms with van der Waals surface area (Å²) in [6, 6.07) is 9.44. The average molecular weight is 406 g/mol. The number of rotatable bonds is 4. The van der Waals surface area contributed by atoms with Crippen molar-refractivity contribution in [2.45, 2.75) is 0 Å². The summed E-state index contributed by atoms with van der Waals surface area (Å²) in [6.45, 7) is 0. The first-order valence-corrected chi connectivity index (χ1v) is 8.00. The maximum Gasteiger partial charge on any atom is 0.363 e. The summed E-state index contributed by atoms with van der Waals surface area (Å²) in [5.74, 6) is 0.0438. The molecule has 0 bridgehead atoms. The van der Waals surface area contributed by atoms with E-state index in [1.807, 2.05) is 0 Å². The van der Waals surface area contributed by atoms with Crippen LogP contribution in [0.4, 0.5) is 4.39 Å². The van der Waals surface area contributed by atoms with Gasteiger partial charge in [-0.25, -0.2) is 14.2 Å². The highest BCUT2D eigenvalue weighted by Gasteiger charge is 2.25. The highest BCUT2D eigenvalue weighted by atomic mass is 79.9. The standard InChI is InChI=1S/C18H13BrFNO4/c1-23-13-6-11(7-14(9-13)24-2)17-21-16(18(22)25-17)8-10-5-12(19)3-4-15(10)20/h3-9H,1-2H3/b16-8-. The van der Waals surface area contributed by atoms with Gasteiger partial charge in [0.25, 0.3) is 0 Å². The summed E-state index contributed by atoms with van der Waals surface area (Å²) in [7, 11) is 3.03. The van der Waals surface area contributed by atoms with Crippen LogP contribution in [0.1, 0.15) is 11.1 Å². The van der Waals surface area contributed by atoms with E-state index in [4.69, 9.17) is 14.2 Å². The van der Waals surface area contributed by atoms with Gasteiger partial charge in [-0.3, -0.25) is 0 Å². The van der Waals surface area contributed by atoms with Crippen LogP contribution in [0.15, 0.2) is 51.6 Å². The van der Waals surface area contributed by atoms with Gasteiger partial charge in [-0.15, -0.1) is 0 Å². The van der Waals surface area contributed by atoms with Crippen LogP contribution < -0.4 is 9.47 Å². The fraction of sp³-hybridized carbons (Fsp3) is 0.111. The third-order valence-corrected chi connectivity index (χ3v) is 3.96. The fourth-order valence-corrected chi connectivity index (χ4v) is 2.61. The number of esters is 1. The third kappa shape index (κ3) is 3.71. The number of carbonyl (C=O) groups is 1. The second kappa shape index (κ2) is 7.06. The summed E-state index contributed by atoms with van der Waals surface area (Å²) in [4.78, 5) is 16.2. The van der Waals surface area contributed by atoms with E-state index >= 15 is 0 Å². The van der Waals surface area contributed by atoms with E-state index in [1.165, 1.54) is 26.4 Å². The summed E-state index contributed by atoms with van der Waals surface area (Å²) >= 11 is 3.27. The summed E-state index contributed by atoms with van der Waals surface area (Å²) in [6.07, 6.45) is 1.34. The number of methoxy groups -OCH3 is 2. The Hall–Kier alpha value is -2.67. The van der Waals surface area contributed by atoms with Crippen LogP contribution in [-0.4, -0.2) is 26.1 Å². The number of ether oxygens (including phenoxy) is 3. The number of carbonyl (C=O) groups excluding carboxylic acids is 1. The Balaban J connectivity index is 2.00. The molecule has 5 nitrogen and oxygen atoms in total. The monoisotopic (exact) mass is 405 g/mol. The first-order valence-electron chi connectivity index (χ1n) is 7.21. The van der Waals surface area contributed by atoms with Crippen molar-refractivity contribution in [3.05, 3.63) is 63.5 Å². The van der Waals surface area contributed by atoms with Crippen molar-refractivity contribution in [2.75, 3.05) is 14.2 Å². The molecule has 0 spiro atoms. The quantitative estimate of drug-likeness (QED) is 0.570. The molecule has 7 heteroatoms. The minimum atomic E-state index is -0.656. The second-order valence-electron chi connectivity index (χ2n) is 5.10. The van der Waals surface area contributed by atoms with Crippen molar-refractivity contribution in [3.8, 4) is 11.5 Å². The van der Waals surface area contributed by atoms with Gasteiger partial charge < -0.3 is 14.2 Å². The molecule has 3 rings (SSSR count). The normalized spacial score (nSPS) is 15.1. The van der Waals surface area contributed by atoms with E-state index in [2.05, 4.69) is 20.9 Å². The van der Waals surface area contributed by atoms with E-state index in [0.717, 1.165) is 0 Å². The first-order chi connectivity index (χ1) is 12.0. The van der Waals surface area contributed by atoms with Crippen molar-refractivity contribution in [1.82, 2.24) is 0 Å². The Labute approximate surface area is 151 Å². The molecule has 1 aliphatic rings. The van der Waals surface area contributed by atoms with Gasteiger partial charge in [-0.1, -0.05) is 15.9 Å². The molecule has 0 aromatic heterocycles. The predicted molar refractivity (Wildman–Crippen MR) is 94.3 cm³/mol. The van der Waals surface area contributed by atoms with Crippen LogP contribution in [0.25, 0.3) is 6.08 Å². The lowest BCUT2D eigenvalue weighted by atomic mass is 10.2. The first kappa shape index (κ1) is 17.2. The van der Waals surface area contributed by atoms with Gasteiger partial charge in [0.15, 0.2) is 5.70 Å².